The number of aliphatic hydroxyl groups excluding tert-OH is 1. The SMILES string of the molecule is CCCN(CCO)C1CC1. The maximum absolute atomic E-state index is 8.70. The summed E-state index contributed by atoms with van der Waals surface area (Å²) < 4.78 is 0. The summed E-state index contributed by atoms with van der Waals surface area (Å²) in [5, 5.41) is 8.70. The van der Waals surface area contributed by atoms with E-state index in [1.54, 1.807) is 0 Å². The second-order valence-corrected chi connectivity index (χ2v) is 2.99. The minimum Gasteiger partial charge on any atom is -0.395 e. The summed E-state index contributed by atoms with van der Waals surface area (Å²) in [6, 6.07) is 0.812. The molecule has 2 nitrogen and oxygen atoms in total. The molecule has 1 aliphatic carbocycles. The van der Waals surface area contributed by atoms with Crippen LogP contribution < -0.4 is 0 Å². The quantitative estimate of drug-likeness (QED) is 0.617. The van der Waals surface area contributed by atoms with Gasteiger partial charge in [-0.25, -0.2) is 0 Å². The Morgan fingerprint density at radius 1 is 1.40 bits per heavy atom. The third-order valence-electron chi connectivity index (χ3n) is 1.96. The first-order valence-corrected chi connectivity index (χ1v) is 4.23. The molecule has 0 saturated heterocycles. The average molecular weight is 143 g/mol. The third kappa shape index (κ3) is 2.27. The molecule has 1 rings (SSSR count). The topological polar surface area (TPSA) is 23.5 Å². The molecule has 0 heterocycles. The fourth-order valence-electron chi connectivity index (χ4n) is 1.33. The molecular weight excluding hydrogens is 126 g/mol. The molecule has 0 radical (unpaired) electrons. The van der Waals surface area contributed by atoms with Gasteiger partial charge in [-0.05, 0) is 25.8 Å². The fraction of sp³-hybridized carbons (Fsp3) is 1.00. The molecule has 0 amide bonds. The number of nitrogens with zero attached hydrogens (tertiary/aromatic N) is 1. The van der Waals surface area contributed by atoms with Gasteiger partial charge in [0, 0.05) is 12.6 Å². The van der Waals surface area contributed by atoms with Crippen LogP contribution in [0.4, 0.5) is 0 Å². The average Bonchev–Trinajstić information content (AvgIpc) is 2.69. The molecule has 0 bridgehead atoms. The number of hydrogen-bond acceptors (Lipinski definition) is 2. The summed E-state index contributed by atoms with van der Waals surface area (Å²) >= 11 is 0. The molecule has 60 valence electrons. The highest BCUT2D eigenvalue weighted by Gasteiger charge is 2.27. The Morgan fingerprint density at radius 3 is 2.50 bits per heavy atom. The van der Waals surface area contributed by atoms with Crippen LogP contribution in [0.5, 0.6) is 0 Å². The Morgan fingerprint density at radius 2 is 2.10 bits per heavy atom. The van der Waals surface area contributed by atoms with Gasteiger partial charge in [0.25, 0.3) is 0 Å². The first-order chi connectivity index (χ1) is 4.88. The van der Waals surface area contributed by atoms with Crippen molar-refractivity contribution < 1.29 is 5.11 Å². The predicted molar refractivity (Wildman–Crippen MR) is 42.0 cm³/mol. The minimum absolute atomic E-state index is 0.316. The summed E-state index contributed by atoms with van der Waals surface area (Å²) in [5.74, 6) is 0. The van der Waals surface area contributed by atoms with Crippen molar-refractivity contribution >= 4 is 0 Å². The molecule has 0 unspecified atom stereocenters. The van der Waals surface area contributed by atoms with Crippen molar-refractivity contribution in [2.24, 2.45) is 0 Å². The van der Waals surface area contributed by atoms with E-state index in [-0.39, 0.29) is 0 Å². The first-order valence-electron chi connectivity index (χ1n) is 4.23. The Kier molecular flexibility index (Phi) is 3.16. The van der Waals surface area contributed by atoms with Crippen molar-refractivity contribution in [3.8, 4) is 0 Å². The van der Waals surface area contributed by atoms with Gasteiger partial charge in [0.15, 0.2) is 0 Å². The van der Waals surface area contributed by atoms with Crippen molar-refractivity contribution in [2.75, 3.05) is 19.7 Å². The lowest BCUT2D eigenvalue weighted by atomic mass is 10.4. The number of aliphatic hydroxyl groups is 1. The standard InChI is InChI=1S/C8H17NO/c1-2-5-9(6-7-10)8-3-4-8/h8,10H,2-7H2,1H3. The Bertz CT molecular complexity index is 85.3. The number of hydrogen-bond donors (Lipinski definition) is 1. The van der Waals surface area contributed by atoms with Gasteiger partial charge in [0.1, 0.15) is 0 Å². The van der Waals surface area contributed by atoms with Gasteiger partial charge in [-0.15, -0.1) is 0 Å². The largest absolute Gasteiger partial charge is 0.395 e. The van der Waals surface area contributed by atoms with E-state index in [2.05, 4.69) is 11.8 Å². The van der Waals surface area contributed by atoms with Crippen LogP contribution in [0.3, 0.4) is 0 Å². The summed E-state index contributed by atoms with van der Waals surface area (Å²) in [7, 11) is 0. The molecule has 1 fully saturated rings. The molecule has 1 aliphatic rings. The monoisotopic (exact) mass is 143 g/mol. The highest BCUT2D eigenvalue weighted by atomic mass is 16.3. The molecule has 1 saturated carbocycles. The van der Waals surface area contributed by atoms with Gasteiger partial charge in [-0.2, -0.15) is 0 Å². The van der Waals surface area contributed by atoms with Crippen molar-refractivity contribution in [3.05, 3.63) is 0 Å². The maximum Gasteiger partial charge on any atom is 0.0558 e. The van der Waals surface area contributed by atoms with Gasteiger partial charge < -0.3 is 5.11 Å². The van der Waals surface area contributed by atoms with E-state index in [4.69, 9.17) is 5.11 Å². The van der Waals surface area contributed by atoms with E-state index >= 15 is 0 Å². The smallest absolute Gasteiger partial charge is 0.0558 e. The predicted octanol–water partition coefficient (Wildman–Crippen LogP) is 0.853. The van der Waals surface area contributed by atoms with Crippen LogP contribution in [0.2, 0.25) is 0 Å². The zero-order valence-electron chi connectivity index (χ0n) is 6.71. The van der Waals surface area contributed by atoms with Gasteiger partial charge in [-0.1, -0.05) is 6.92 Å². The summed E-state index contributed by atoms with van der Waals surface area (Å²) in [5.41, 5.74) is 0. The lowest BCUT2D eigenvalue weighted by Crippen LogP contribution is -2.29. The minimum atomic E-state index is 0.316. The van der Waals surface area contributed by atoms with Crippen LogP contribution in [-0.2, 0) is 0 Å². The molecule has 2 heteroatoms. The van der Waals surface area contributed by atoms with E-state index in [1.807, 2.05) is 0 Å². The van der Waals surface area contributed by atoms with Gasteiger partial charge in [0.05, 0.1) is 6.61 Å². The fourth-order valence-corrected chi connectivity index (χ4v) is 1.33. The second kappa shape index (κ2) is 3.94. The Balaban J connectivity index is 2.13. The molecular formula is C8H17NO. The molecule has 0 atom stereocenters. The second-order valence-electron chi connectivity index (χ2n) is 2.99. The lowest BCUT2D eigenvalue weighted by Gasteiger charge is -2.19. The first kappa shape index (κ1) is 8.02. The zero-order valence-corrected chi connectivity index (χ0v) is 6.71. The third-order valence-corrected chi connectivity index (χ3v) is 1.96. The zero-order chi connectivity index (χ0) is 7.40. The van der Waals surface area contributed by atoms with Crippen molar-refractivity contribution in [3.63, 3.8) is 0 Å². The highest BCUT2D eigenvalue weighted by molar-refractivity contribution is 4.83. The van der Waals surface area contributed by atoms with Gasteiger partial charge >= 0.3 is 0 Å². The molecule has 0 aliphatic heterocycles. The Hall–Kier alpha value is -0.0800. The van der Waals surface area contributed by atoms with Crippen molar-refractivity contribution in [1.82, 2.24) is 4.90 Å². The van der Waals surface area contributed by atoms with Crippen LogP contribution in [0.1, 0.15) is 26.2 Å². The van der Waals surface area contributed by atoms with Gasteiger partial charge in [-0.3, -0.25) is 4.90 Å². The maximum atomic E-state index is 8.70. The molecule has 0 aromatic carbocycles. The molecule has 0 spiro atoms. The number of rotatable bonds is 5. The molecule has 0 aromatic rings. The van der Waals surface area contributed by atoms with E-state index in [0.29, 0.717) is 6.61 Å². The van der Waals surface area contributed by atoms with E-state index < -0.39 is 0 Å². The highest BCUT2D eigenvalue weighted by Crippen LogP contribution is 2.26. The molecule has 10 heavy (non-hydrogen) atoms. The van der Waals surface area contributed by atoms with Crippen LogP contribution in [0, 0.1) is 0 Å². The van der Waals surface area contributed by atoms with Crippen LogP contribution in [0.25, 0.3) is 0 Å². The Labute approximate surface area is 62.8 Å². The molecule has 1 N–H and O–H groups in total. The van der Waals surface area contributed by atoms with Crippen LogP contribution >= 0.6 is 0 Å². The normalized spacial score (nSPS) is 18.3. The van der Waals surface area contributed by atoms with E-state index in [1.165, 1.54) is 19.3 Å². The van der Waals surface area contributed by atoms with Crippen molar-refractivity contribution in [2.45, 2.75) is 32.2 Å². The lowest BCUT2D eigenvalue weighted by molar-refractivity contribution is 0.189. The summed E-state index contributed by atoms with van der Waals surface area (Å²) in [6.45, 7) is 4.53. The van der Waals surface area contributed by atoms with Crippen molar-refractivity contribution in [1.29, 1.82) is 0 Å². The summed E-state index contributed by atoms with van der Waals surface area (Å²) in [4.78, 5) is 2.39. The van der Waals surface area contributed by atoms with E-state index in [0.717, 1.165) is 19.1 Å². The van der Waals surface area contributed by atoms with Crippen LogP contribution in [-0.4, -0.2) is 35.7 Å². The van der Waals surface area contributed by atoms with Crippen LogP contribution in [0.15, 0.2) is 0 Å². The van der Waals surface area contributed by atoms with E-state index in [9.17, 15) is 0 Å². The summed E-state index contributed by atoms with van der Waals surface area (Å²) in [6.07, 6.45) is 3.90. The van der Waals surface area contributed by atoms with Gasteiger partial charge in [0.2, 0.25) is 0 Å². The molecule has 0 aromatic heterocycles.